The molecule has 1 aromatic heterocycles. The summed E-state index contributed by atoms with van der Waals surface area (Å²) in [7, 11) is -2.98. The van der Waals surface area contributed by atoms with Crippen molar-refractivity contribution in [1.29, 1.82) is 0 Å². The Morgan fingerprint density at radius 3 is 2.91 bits per heavy atom. The second kappa shape index (κ2) is 6.26. The summed E-state index contributed by atoms with van der Waals surface area (Å²) in [6, 6.07) is 4.25. The number of likely N-dealkylation sites (tertiary alicyclic amines) is 1. The lowest BCUT2D eigenvalue weighted by Gasteiger charge is -2.32. The minimum atomic E-state index is -2.98. The molecule has 0 N–H and O–H groups in total. The minimum absolute atomic E-state index is 0.0254. The van der Waals surface area contributed by atoms with Gasteiger partial charge in [-0.3, -0.25) is 9.88 Å². The molecule has 2 fully saturated rings. The number of sulfone groups is 1. The summed E-state index contributed by atoms with van der Waals surface area (Å²) in [6.45, 7) is 6.21. The highest BCUT2D eigenvalue weighted by atomic mass is 32.2. The smallest absolute Gasteiger partial charge is 0.154 e. The molecule has 6 heteroatoms. The number of aromatic nitrogens is 1. The lowest BCUT2D eigenvalue weighted by Crippen LogP contribution is -2.44. The van der Waals surface area contributed by atoms with Crippen LogP contribution in [0.1, 0.15) is 25.8 Å². The van der Waals surface area contributed by atoms with E-state index in [-0.39, 0.29) is 23.0 Å². The third-order valence-corrected chi connectivity index (χ3v) is 7.11. The Labute approximate surface area is 132 Å². The van der Waals surface area contributed by atoms with Crippen molar-refractivity contribution in [3.05, 3.63) is 30.1 Å². The maximum atomic E-state index is 12.4. The van der Waals surface area contributed by atoms with Crippen LogP contribution in [0.3, 0.4) is 0 Å². The lowest BCUT2D eigenvalue weighted by atomic mass is 9.98. The zero-order valence-corrected chi connectivity index (χ0v) is 14.0. The van der Waals surface area contributed by atoms with Crippen molar-refractivity contribution in [2.75, 3.05) is 18.8 Å². The molecule has 2 saturated heterocycles. The zero-order valence-electron chi connectivity index (χ0n) is 13.2. The van der Waals surface area contributed by atoms with E-state index in [4.69, 9.17) is 4.74 Å². The van der Waals surface area contributed by atoms with E-state index in [9.17, 15) is 8.42 Å². The van der Waals surface area contributed by atoms with Crippen molar-refractivity contribution in [2.45, 2.75) is 44.3 Å². The molecule has 0 aliphatic carbocycles. The number of fused-ring (bicyclic) bond motifs is 1. The first-order valence-electron chi connectivity index (χ1n) is 7.93. The molecule has 22 heavy (non-hydrogen) atoms. The van der Waals surface area contributed by atoms with Crippen LogP contribution < -0.4 is 0 Å². The molecule has 0 amide bonds. The molecule has 3 rings (SSSR count). The molecule has 3 atom stereocenters. The van der Waals surface area contributed by atoms with E-state index in [0.717, 1.165) is 12.1 Å². The molecule has 0 aromatic carbocycles. The van der Waals surface area contributed by atoms with Gasteiger partial charge in [-0.1, -0.05) is 6.07 Å². The average molecular weight is 324 g/mol. The molecular weight excluding hydrogens is 300 g/mol. The SMILES string of the molecule is CC(C)N1C[C@@H]2[C@@H](OCc3cccnc3)CCS(=O)(=O)[C@H]2C1. The summed E-state index contributed by atoms with van der Waals surface area (Å²) in [5, 5.41) is -0.262. The van der Waals surface area contributed by atoms with Crippen LogP contribution in [0, 0.1) is 5.92 Å². The first kappa shape index (κ1) is 15.9. The van der Waals surface area contributed by atoms with Crippen molar-refractivity contribution in [3.63, 3.8) is 0 Å². The molecule has 5 nitrogen and oxygen atoms in total. The number of ether oxygens (including phenoxy) is 1. The van der Waals surface area contributed by atoms with Crippen LogP contribution in [0.15, 0.2) is 24.5 Å². The van der Waals surface area contributed by atoms with Crippen LogP contribution in [-0.2, 0) is 21.2 Å². The Bertz CT molecular complexity index is 603. The number of nitrogens with zero attached hydrogens (tertiary/aromatic N) is 2. The summed E-state index contributed by atoms with van der Waals surface area (Å²) in [6.07, 6.45) is 4.17. The molecule has 0 radical (unpaired) electrons. The monoisotopic (exact) mass is 324 g/mol. The fourth-order valence-corrected chi connectivity index (χ4v) is 5.60. The van der Waals surface area contributed by atoms with Gasteiger partial charge < -0.3 is 4.74 Å². The quantitative estimate of drug-likeness (QED) is 0.840. The van der Waals surface area contributed by atoms with Gasteiger partial charge in [0.15, 0.2) is 9.84 Å². The van der Waals surface area contributed by atoms with Crippen molar-refractivity contribution >= 4 is 9.84 Å². The van der Waals surface area contributed by atoms with E-state index in [1.807, 2.05) is 12.1 Å². The highest BCUT2D eigenvalue weighted by Crippen LogP contribution is 2.35. The van der Waals surface area contributed by atoms with Crippen molar-refractivity contribution in [1.82, 2.24) is 9.88 Å². The van der Waals surface area contributed by atoms with E-state index >= 15 is 0 Å². The highest BCUT2D eigenvalue weighted by Gasteiger charge is 2.49. The number of pyridine rings is 1. The maximum Gasteiger partial charge on any atom is 0.154 e. The molecule has 1 aromatic rings. The number of rotatable bonds is 4. The van der Waals surface area contributed by atoms with Gasteiger partial charge in [-0.05, 0) is 31.9 Å². The number of hydrogen-bond acceptors (Lipinski definition) is 5. The normalized spacial score (nSPS) is 31.3. The lowest BCUT2D eigenvalue weighted by molar-refractivity contribution is -0.00158. The Morgan fingerprint density at radius 2 is 2.23 bits per heavy atom. The van der Waals surface area contributed by atoms with Gasteiger partial charge in [0.2, 0.25) is 0 Å². The van der Waals surface area contributed by atoms with Gasteiger partial charge in [-0.15, -0.1) is 0 Å². The van der Waals surface area contributed by atoms with Gasteiger partial charge in [-0.25, -0.2) is 8.42 Å². The van der Waals surface area contributed by atoms with Crippen LogP contribution >= 0.6 is 0 Å². The summed E-state index contributed by atoms with van der Waals surface area (Å²) in [4.78, 5) is 6.35. The third kappa shape index (κ3) is 3.19. The van der Waals surface area contributed by atoms with E-state index in [0.29, 0.717) is 25.6 Å². The Kier molecular flexibility index (Phi) is 4.52. The van der Waals surface area contributed by atoms with Crippen LogP contribution in [0.25, 0.3) is 0 Å². The molecule has 0 spiro atoms. The van der Waals surface area contributed by atoms with Crippen LogP contribution in [-0.4, -0.2) is 54.5 Å². The van der Waals surface area contributed by atoms with E-state index in [1.165, 1.54) is 0 Å². The predicted molar refractivity (Wildman–Crippen MR) is 85.2 cm³/mol. The summed E-state index contributed by atoms with van der Waals surface area (Å²) >= 11 is 0. The Morgan fingerprint density at radius 1 is 1.41 bits per heavy atom. The molecule has 2 aliphatic heterocycles. The van der Waals surface area contributed by atoms with Crippen LogP contribution in [0.4, 0.5) is 0 Å². The predicted octanol–water partition coefficient (Wildman–Crippen LogP) is 1.49. The Balaban J connectivity index is 1.70. The molecule has 0 saturated carbocycles. The summed E-state index contributed by atoms with van der Waals surface area (Å²) < 4.78 is 30.8. The molecular formula is C16H24N2O3S. The van der Waals surface area contributed by atoms with Crippen molar-refractivity contribution in [3.8, 4) is 0 Å². The first-order valence-corrected chi connectivity index (χ1v) is 9.65. The van der Waals surface area contributed by atoms with Gasteiger partial charge in [0.1, 0.15) is 0 Å². The summed E-state index contributed by atoms with van der Waals surface area (Å²) in [5.41, 5.74) is 1.03. The largest absolute Gasteiger partial charge is 0.373 e. The molecule has 2 aliphatic rings. The third-order valence-electron chi connectivity index (χ3n) is 4.88. The molecule has 0 unspecified atom stereocenters. The van der Waals surface area contributed by atoms with Crippen LogP contribution in [0.5, 0.6) is 0 Å². The molecule has 0 bridgehead atoms. The molecule has 3 heterocycles. The van der Waals surface area contributed by atoms with Gasteiger partial charge >= 0.3 is 0 Å². The van der Waals surface area contributed by atoms with Crippen molar-refractivity contribution < 1.29 is 13.2 Å². The standard InChI is InChI=1S/C16H24N2O3S/c1-12(2)18-9-14-15(5-7-22(19,20)16(14)10-18)21-11-13-4-3-6-17-8-13/h3-4,6,8,12,14-16H,5,7,9-11H2,1-2H3/t14-,15+,16+/m1/s1. The topological polar surface area (TPSA) is 59.5 Å². The van der Waals surface area contributed by atoms with Crippen LogP contribution in [0.2, 0.25) is 0 Å². The van der Waals surface area contributed by atoms with Gasteiger partial charge in [-0.2, -0.15) is 0 Å². The van der Waals surface area contributed by atoms with Gasteiger partial charge in [0, 0.05) is 37.4 Å². The fourth-order valence-electron chi connectivity index (χ4n) is 3.53. The summed E-state index contributed by atoms with van der Waals surface area (Å²) in [5.74, 6) is 0.343. The average Bonchev–Trinajstić information content (AvgIpc) is 2.95. The minimum Gasteiger partial charge on any atom is -0.373 e. The first-order chi connectivity index (χ1) is 10.5. The second-order valence-electron chi connectivity index (χ2n) is 6.62. The van der Waals surface area contributed by atoms with E-state index < -0.39 is 9.84 Å². The van der Waals surface area contributed by atoms with Crippen molar-refractivity contribution in [2.24, 2.45) is 5.92 Å². The number of hydrogen-bond donors (Lipinski definition) is 0. The molecule has 122 valence electrons. The van der Waals surface area contributed by atoms with E-state index in [2.05, 4.69) is 23.7 Å². The Hall–Kier alpha value is -0.980. The van der Waals surface area contributed by atoms with E-state index in [1.54, 1.807) is 12.4 Å². The zero-order chi connectivity index (χ0) is 15.7. The van der Waals surface area contributed by atoms with Gasteiger partial charge in [0.05, 0.1) is 23.7 Å². The van der Waals surface area contributed by atoms with Gasteiger partial charge in [0.25, 0.3) is 0 Å². The fraction of sp³-hybridized carbons (Fsp3) is 0.688. The maximum absolute atomic E-state index is 12.4. The highest BCUT2D eigenvalue weighted by molar-refractivity contribution is 7.92. The second-order valence-corrected chi connectivity index (χ2v) is 8.96.